The SMILES string of the molecule is NC[C@H](NC(=O)c1ccc(-c2ccc(NC(=O)CNCc3ccc(I)cc3)cc2)cc1)C(=O)NO. The molecule has 3 aromatic rings. The Kier molecular flexibility index (Phi) is 9.73. The first-order chi connectivity index (χ1) is 16.9. The summed E-state index contributed by atoms with van der Waals surface area (Å²) in [5.41, 5.74) is 10.9. The van der Waals surface area contributed by atoms with Crippen molar-refractivity contribution in [1.82, 2.24) is 16.1 Å². The third-order valence-electron chi connectivity index (χ3n) is 5.14. The van der Waals surface area contributed by atoms with Crippen LogP contribution in [0.15, 0.2) is 72.8 Å². The van der Waals surface area contributed by atoms with Crippen molar-refractivity contribution in [3.8, 4) is 11.1 Å². The van der Waals surface area contributed by atoms with Gasteiger partial charge in [-0.05, 0) is 75.7 Å². The van der Waals surface area contributed by atoms with Crippen molar-refractivity contribution in [2.24, 2.45) is 5.73 Å². The molecule has 0 fully saturated rings. The average molecular weight is 587 g/mol. The Balaban J connectivity index is 1.51. The summed E-state index contributed by atoms with van der Waals surface area (Å²) in [5.74, 6) is -1.40. The highest BCUT2D eigenvalue weighted by Crippen LogP contribution is 2.22. The molecule has 3 rings (SSSR count). The minimum absolute atomic E-state index is 0.135. The van der Waals surface area contributed by atoms with E-state index < -0.39 is 17.9 Å². The quantitative estimate of drug-likeness (QED) is 0.122. The summed E-state index contributed by atoms with van der Waals surface area (Å²) in [5, 5.41) is 17.2. The van der Waals surface area contributed by atoms with Crippen LogP contribution < -0.4 is 27.2 Å². The number of hydroxylamine groups is 1. The van der Waals surface area contributed by atoms with E-state index in [4.69, 9.17) is 10.9 Å². The van der Waals surface area contributed by atoms with E-state index in [1.54, 1.807) is 24.3 Å². The molecule has 0 spiro atoms. The summed E-state index contributed by atoms with van der Waals surface area (Å²) in [6.07, 6.45) is 0. The van der Waals surface area contributed by atoms with Gasteiger partial charge in [0.1, 0.15) is 6.04 Å². The second kappa shape index (κ2) is 13.0. The largest absolute Gasteiger partial charge is 0.339 e. The number of benzene rings is 3. The maximum atomic E-state index is 12.3. The highest BCUT2D eigenvalue weighted by atomic mass is 127. The van der Waals surface area contributed by atoms with Gasteiger partial charge in [0.05, 0.1) is 6.54 Å². The van der Waals surface area contributed by atoms with E-state index >= 15 is 0 Å². The fraction of sp³-hybridized carbons (Fsp3) is 0.160. The fourth-order valence-corrected chi connectivity index (χ4v) is 3.60. The zero-order chi connectivity index (χ0) is 25.2. The molecule has 1 atom stereocenters. The van der Waals surface area contributed by atoms with Crippen LogP contribution in [0.4, 0.5) is 5.69 Å². The molecule has 10 heteroatoms. The number of anilines is 1. The third kappa shape index (κ3) is 7.86. The smallest absolute Gasteiger partial charge is 0.267 e. The van der Waals surface area contributed by atoms with E-state index in [0.717, 1.165) is 16.7 Å². The number of rotatable bonds is 10. The predicted molar refractivity (Wildman–Crippen MR) is 142 cm³/mol. The van der Waals surface area contributed by atoms with Crippen molar-refractivity contribution in [1.29, 1.82) is 0 Å². The van der Waals surface area contributed by atoms with Crippen LogP contribution in [0.25, 0.3) is 11.1 Å². The molecular formula is C25H26IN5O4. The number of carbonyl (C=O) groups is 3. The predicted octanol–water partition coefficient (Wildman–Crippen LogP) is 2.25. The van der Waals surface area contributed by atoms with Gasteiger partial charge in [-0.3, -0.25) is 19.6 Å². The molecule has 0 bridgehead atoms. The van der Waals surface area contributed by atoms with Gasteiger partial charge in [0.25, 0.3) is 11.8 Å². The summed E-state index contributed by atoms with van der Waals surface area (Å²) < 4.78 is 1.17. The van der Waals surface area contributed by atoms with Crippen molar-refractivity contribution in [2.45, 2.75) is 12.6 Å². The Morgan fingerprint density at radius 2 is 1.49 bits per heavy atom. The lowest BCUT2D eigenvalue weighted by Gasteiger charge is -2.14. The van der Waals surface area contributed by atoms with E-state index in [1.165, 1.54) is 9.05 Å². The number of amides is 3. The molecule has 182 valence electrons. The standard InChI is InChI=1S/C25H26IN5O4/c26-20-9-1-16(2-10-20)14-28-15-23(32)29-21-11-7-18(8-12-21)17-3-5-19(6-4-17)24(33)30-22(13-27)25(34)31-35/h1-12,22,28,35H,13-15,27H2,(H,29,32)(H,30,33)(H,31,34)/t22-/m0/s1. The van der Waals surface area contributed by atoms with E-state index in [-0.39, 0.29) is 19.0 Å². The molecule has 0 aliphatic carbocycles. The first-order valence-corrected chi connectivity index (χ1v) is 11.9. The van der Waals surface area contributed by atoms with Gasteiger partial charge in [0.2, 0.25) is 5.91 Å². The zero-order valence-corrected chi connectivity index (χ0v) is 20.9. The van der Waals surface area contributed by atoms with Crippen molar-refractivity contribution < 1.29 is 19.6 Å². The molecule has 35 heavy (non-hydrogen) atoms. The topological polar surface area (TPSA) is 146 Å². The van der Waals surface area contributed by atoms with Gasteiger partial charge in [-0.15, -0.1) is 0 Å². The van der Waals surface area contributed by atoms with Crippen LogP contribution >= 0.6 is 22.6 Å². The lowest BCUT2D eigenvalue weighted by Crippen LogP contribution is -2.50. The van der Waals surface area contributed by atoms with E-state index in [1.807, 2.05) is 48.5 Å². The van der Waals surface area contributed by atoms with Crippen LogP contribution in [0.3, 0.4) is 0 Å². The van der Waals surface area contributed by atoms with Gasteiger partial charge in [0, 0.05) is 27.9 Å². The number of halogens is 1. The highest BCUT2D eigenvalue weighted by Gasteiger charge is 2.19. The van der Waals surface area contributed by atoms with Crippen molar-refractivity contribution in [3.05, 3.63) is 87.5 Å². The second-order valence-electron chi connectivity index (χ2n) is 7.67. The number of carbonyl (C=O) groups excluding carboxylic acids is 3. The lowest BCUT2D eigenvalue weighted by molar-refractivity contribution is -0.130. The zero-order valence-electron chi connectivity index (χ0n) is 18.8. The van der Waals surface area contributed by atoms with Crippen LogP contribution in [-0.4, -0.2) is 42.1 Å². The maximum Gasteiger partial charge on any atom is 0.267 e. The Morgan fingerprint density at radius 3 is 2.06 bits per heavy atom. The first kappa shape index (κ1) is 26.3. The summed E-state index contributed by atoms with van der Waals surface area (Å²) in [6, 6.07) is 21.3. The summed E-state index contributed by atoms with van der Waals surface area (Å²) in [4.78, 5) is 36.0. The molecule has 0 unspecified atom stereocenters. The number of nitrogens with one attached hydrogen (secondary N) is 4. The lowest BCUT2D eigenvalue weighted by atomic mass is 10.0. The minimum atomic E-state index is -1.03. The molecule has 0 aliphatic rings. The number of hydrogen-bond acceptors (Lipinski definition) is 6. The second-order valence-corrected chi connectivity index (χ2v) is 8.92. The molecule has 0 radical (unpaired) electrons. The van der Waals surface area contributed by atoms with Crippen LogP contribution in [0.2, 0.25) is 0 Å². The summed E-state index contributed by atoms with van der Waals surface area (Å²) >= 11 is 2.25. The molecular weight excluding hydrogens is 561 g/mol. The number of nitrogens with two attached hydrogens (primary N) is 1. The van der Waals surface area contributed by atoms with Gasteiger partial charge < -0.3 is 21.7 Å². The highest BCUT2D eigenvalue weighted by molar-refractivity contribution is 14.1. The Labute approximate surface area is 216 Å². The van der Waals surface area contributed by atoms with Gasteiger partial charge >= 0.3 is 0 Å². The first-order valence-electron chi connectivity index (χ1n) is 10.8. The van der Waals surface area contributed by atoms with Crippen LogP contribution in [0.5, 0.6) is 0 Å². The minimum Gasteiger partial charge on any atom is -0.339 e. The molecule has 0 heterocycles. The van der Waals surface area contributed by atoms with E-state index in [0.29, 0.717) is 17.8 Å². The molecule has 0 saturated carbocycles. The van der Waals surface area contributed by atoms with Gasteiger partial charge in [-0.25, -0.2) is 5.48 Å². The molecule has 7 N–H and O–H groups in total. The molecule has 0 aliphatic heterocycles. The third-order valence-corrected chi connectivity index (χ3v) is 5.86. The Hall–Kier alpha value is -3.32. The van der Waals surface area contributed by atoms with Gasteiger partial charge in [-0.2, -0.15) is 0 Å². The summed E-state index contributed by atoms with van der Waals surface area (Å²) in [7, 11) is 0. The normalized spacial score (nSPS) is 11.4. The Bertz CT molecular complexity index is 1150. The monoisotopic (exact) mass is 587 g/mol. The van der Waals surface area contributed by atoms with Gasteiger partial charge in [-0.1, -0.05) is 36.4 Å². The van der Waals surface area contributed by atoms with Crippen molar-refractivity contribution >= 4 is 46.0 Å². The number of hydrogen-bond donors (Lipinski definition) is 6. The molecule has 0 saturated heterocycles. The van der Waals surface area contributed by atoms with Crippen LogP contribution in [0, 0.1) is 3.57 Å². The molecule has 3 amide bonds. The molecule has 0 aromatic heterocycles. The summed E-state index contributed by atoms with van der Waals surface area (Å²) in [6.45, 7) is 0.655. The molecule has 9 nitrogen and oxygen atoms in total. The Morgan fingerprint density at radius 1 is 0.886 bits per heavy atom. The van der Waals surface area contributed by atoms with Gasteiger partial charge in [0.15, 0.2) is 0 Å². The molecule has 3 aromatic carbocycles. The van der Waals surface area contributed by atoms with Crippen molar-refractivity contribution in [2.75, 3.05) is 18.4 Å². The van der Waals surface area contributed by atoms with Crippen LogP contribution in [-0.2, 0) is 16.1 Å². The van der Waals surface area contributed by atoms with E-state index in [9.17, 15) is 14.4 Å². The maximum absolute atomic E-state index is 12.3. The van der Waals surface area contributed by atoms with Crippen LogP contribution in [0.1, 0.15) is 15.9 Å². The van der Waals surface area contributed by atoms with Crippen molar-refractivity contribution in [3.63, 3.8) is 0 Å². The van der Waals surface area contributed by atoms with E-state index in [2.05, 4.69) is 38.5 Å². The average Bonchev–Trinajstić information content (AvgIpc) is 2.88. The fourth-order valence-electron chi connectivity index (χ4n) is 3.24.